The lowest BCUT2D eigenvalue weighted by Crippen LogP contribution is -2.12. The first-order valence-corrected chi connectivity index (χ1v) is 10.2. The molecule has 0 aliphatic heterocycles. The van der Waals surface area contributed by atoms with Crippen molar-refractivity contribution in [2.45, 2.75) is 24.5 Å². The van der Waals surface area contributed by atoms with E-state index >= 15 is 0 Å². The van der Waals surface area contributed by atoms with Crippen LogP contribution >= 0.6 is 24.4 Å². The Morgan fingerprint density at radius 3 is 2.14 bits per heavy atom. The third-order valence-corrected chi connectivity index (χ3v) is 4.53. The number of benzene rings is 2. The largest absolute Gasteiger partial charge is 0.325 e. The molecule has 0 spiro atoms. The van der Waals surface area contributed by atoms with Crippen molar-refractivity contribution in [2.75, 3.05) is 11.1 Å². The molecule has 0 saturated carbocycles. The molecule has 1 N–H and O–H groups in total. The van der Waals surface area contributed by atoms with Crippen LogP contribution in [0.4, 0.5) is 14.5 Å². The van der Waals surface area contributed by atoms with Gasteiger partial charge in [0.25, 0.3) is 5.76 Å². The smallest absolute Gasteiger partial charge is 0.288 e. The predicted octanol–water partition coefficient (Wildman–Crippen LogP) is 5.63. The Kier molecular flexibility index (Phi) is 9.08. The second-order valence-corrected chi connectivity index (χ2v) is 7.33. The number of alkyl halides is 2. The molecule has 29 heavy (non-hydrogen) atoms. The number of aromatic nitrogens is 2. The number of anilines is 1. The van der Waals surface area contributed by atoms with Gasteiger partial charge in [0.15, 0.2) is 5.82 Å². The van der Waals surface area contributed by atoms with Gasteiger partial charge in [0.05, 0.1) is 5.75 Å². The number of carbonyl (C=O) groups excluding carboxylic acids is 1. The second kappa shape index (κ2) is 11.5. The monoisotopic (exact) mass is 433 g/mol. The molecule has 0 saturated heterocycles. The highest BCUT2D eigenvalue weighted by Gasteiger charge is 2.05. The summed E-state index contributed by atoms with van der Waals surface area (Å²) in [5.41, 5.74) is 3.67. The molecule has 0 bridgehead atoms. The van der Waals surface area contributed by atoms with E-state index in [1.165, 1.54) is 12.1 Å². The number of hydrogen-bond acceptors (Lipinski definition) is 5. The highest BCUT2D eigenvalue weighted by molar-refractivity contribution is 7.99. The van der Waals surface area contributed by atoms with Crippen molar-refractivity contribution in [3.8, 4) is 11.4 Å². The van der Waals surface area contributed by atoms with Crippen molar-refractivity contribution in [1.29, 1.82) is 0 Å². The minimum atomic E-state index is -2.43. The molecule has 0 fully saturated rings. The zero-order valence-corrected chi connectivity index (χ0v) is 17.7. The van der Waals surface area contributed by atoms with Gasteiger partial charge >= 0.3 is 0 Å². The Bertz CT molecular complexity index is 903. The number of nitrogens with one attached hydrogen (secondary N) is 1. The first-order valence-electron chi connectivity index (χ1n) is 8.70. The zero-order chi connectivity index (χ0) is 21.2. The molecule has 0 radical (unpaired) electrons. The second-order valence-electron chi connectivity index (χ2n) is 5.95. The van der Waals surface area contributed by atoms with Gasteiger partial charge in [-0.25, -0.2) is 9.97 Å². The van der Waals surface area contributed by atoms with E-state index in [-0.39, 0.29) is 11.7 Å². The number of hydrogen-bond donors (Lipinski definition) is 2. The normalized spacial score (nSPS) is 10.3. The number of nitrogens with zero attached hydrogens (tertiary/aromatic N) is 2. The van der Waals surface area contributed by atoms with E-state index in [2.05, 4.69) is 27.9 Å². The minimum absolute atomic E-state index is 0.0908. The maximum atomic E-state index is 12.0. The van der Waals surface area contributed by atoms with E-state index in [0.717, 1.165) is 22.8 Å². The summed E-state index contributed by atoms with van der Waals surface area (Å²) in [5.74, 6) is -1.76. The lowest BCUT2D eigenvalue weighted by atomic mass is 10.2. The summed E-state index contributed by atoms with van der Waals surface area (Å²) in [4.78, 5) is 20.2. The molecular formula is C21H21F2N3OS2. The van der Waals surface area contributed by atoms with Crippen LogP contribution < -0.4 is 5.32 Å². The van der Waals surface area contributed by atoms with Gasteiger partial charge in [-0.05, 0) is 44.2 Å². The summed E-state index contributed by atoms with van der Waals surface area (Å²) in [7, 11) is 0. The van der Waals surface area contributed by atoms with Crippen molar-refractivity contribution in [2.24, 2.45) is 0 Å². The first kappa shape index (κ1) is 22.8. The average Bonchev–Trinajstić information content (AvgIpc) is 2.69. The molecule has 0 aliphatic rings. The molecule has 3 rings (SSSR count). The molecule has 1 aromatic heterocycles. The summed E-state index contributed by atoms with van der Waals surface area (Å²) >= 11 is 4.27. The van der Waals surface area contributed by atoms with Crippen LogP contribution in [0.15, 0.2) is 65.6 Å². The molecular weight excluding hydrogens is 412 g/mol. The molecule has 152 valence electrons. The van der Waals surface area contributed by atoms with E-state index in [0.29, 0.717) is 22.3 Å². The van der Waals surface area contributed by atoms with E-state index < -0.39 is 5.76 Å². The van der Waals surface area contributed by atoms with Crippen molar-refractivity contribution < 1.29 is 13.6 Å². The standard InChI is InChI=1S/C12H12N2.C9H9F2NOS2/c1-9-8-10(2)14-12(13-9)11-6-4-3-5-7-11;10-9(11)15-7-3-1-6(2-4-7)12-8(13)5-14/h3-8H,1-2H3;1-4,9,14H,5H2,(H,12,13). The van der Waals surface area contributed by atoms with E-state index in [4.69, 9.17) is 0 Å². The molecule has 1 heterocycles. The number of rotatable bonds is 5. The average molecular weight is 434 g/mol. The highest BCUT2D eigenvalue weighted by atomic mass is 32.2. The Hall–Kier alpha value is -2.45. The lowest BCUT2D eigenvalue weighted by molar-refractivity contribution is -0.113. The van der Waals surface area contributed by atoms with Gasteiger partial charge in [0.2, 0.25) is 5.91 Å². The Morgan fingerprint density at radius 2 is 1.62 bits per heavy atom. The molecule has 0 atom stereocenters. The number of carbonyl (C=O) groups is 1. The summed E-state index contributed by atoms with van der Waals surface area (Å²) in [6, 6.07) is 18.2. The molecule has 2 aromatic carbocycles. The fourth-order valence-corrected chi connectivity index (χ4v) is 2.94. The SMILES string of the molecule is Cc1cc(C)nc(-c2ccccc2)n1.O=C(CS)Nc1ccc(SC(F)F)cc1. The first-order chi connectivity index (χ1) is 13.9. The van der Waals surface area contributed by atoms with Crippen LogP contribution in [0.1, 0.15) is 11.4 Å². The van der Waals surface area contributed by atoms with Gasteiger partial charge in [-0.3, -0.25) is 4.79 Å². The number of halogens is 2. The van der Waals surface area contributed by atoms with Crippen LogP contribution in [-0.4, -0.2) is 27.4 Å². The van der Waals surface area contributed by atoms with E-state index in [9.17, 15) is 13.6 Å². The quantitative estimate of drug-likeness (QED) is 0.404. The van der Waals surface area contributed by atoms with Gasteiger partial charge in [-0.1, -0.05) is 42.1 Å². The van der Waals surface area contributed by atoms with Gasteiger partial charge in [0.1, 0.15) is 0 Å². The van der Waals surface area contributed by atoms with Gasteiger partial charge in [-0.2, -0.15) is 21.4 Å². The Labute approximate surface area is 178 Å². The predicted molar refractivity (Wildman–Crippen MR) is 118 cm³/mol. The third-order valence-electron chi connectivity index (χ3n) is 3.52. The van der Waals surface area contributed by atoms with Crippen LogP contribution in [0.2, 0.25) is 0 Å². The minimum Gasteiger partial charge on any atom is -0.325 e. The molecule has 1 amide bonds. The number of aryl methyl sites for hydroxylation is 2. The fraction of sp³-hybridized carbons (Fsp3) is 0.190. The van der Waals surface area contributed by atoms with Crippen molar-refractivity contribution in [1.82, 2.24) is 9.97 Å². The summed E-state index contributed by atoms with van der Waals surface area (Å²) in [6.07, 6.45) is 0. The van der Waals surface area contributed by atoms with Crippen molar-refractivity contribution >= 4 is 36.0 Å². The van der Waals surface area contributed by atoms with E-state index in [1.54, 1.807) is 12.1 Å². The van der Waals surface area contributed by atoms with Crippen molar-refractivity contribution in [3.05, 3.63) is 72.1 Å². The van der Waals surface area contributed by atoms with Crippen LogP contribution in [0.25, 0.3) is 11.4 Å². The number of thioether (sulfide) groups is 1. The summed E-state index contributed by atoms with van der Waals surface area (Å²) in [6.45, 7) is 3.97. The zero-order valence-electron chi connectivity index (χ0n) is 16.0. The highest BCUT2D eigenvalue weighted by Crippen LogP contribution is 2.26. The van der Waals surface area contributed by atoms with E-state index in [1.807, 2.05) is 50.2 Å². The maximum Gasteiger partial charge on any atom is 0.288 e. The van der Waals surface area contributed by atoms with Crippen LogP contribution in [0, 0.1) is 13.8 Å². The molecule has 3 aromatic rings. The summed E-state index contributed by atoms with van der Waals surface area (Å²) in [5, 5.41) is 2.56. The number of thiol groups is 1. The molecule has 0 unspecified atom stereocenters. The Balaban J connectivity index is 0.000000207. The lowest BCUT2D eigenvalue weighted by Gasteiger charge is -2.04. The molecule has 8 heteroatoms. The van der Waals surface area contributed by atoms with Gasteiger partial charge in [0, 0.05) is 27.5 Å². The van der Waals surface area contributed by atoms with Crippen LogP contribution in [0.5, 0.6) is 0 Å². The maximum absolute atomic E-state index is 12.0. The van der Waals surface area contributed by atoms with Crippen LogP contribution in [0.3, 0.4) is 0 Å². The van der Waals surface area contributed by atoms with Crippen LogP contribution in [-0.2, 0) is 4.79 Å². The molecule has 4 nitrogen and oxygen atoms in total. The summed E-state index contributed by atoms with van der Waals surface area (Å²) < 4.78 is 23.9. The van der Waals surface area contributed by atoms with Gasteiger partial charge < -0.3 is 5.32 Å². The van der Waals surface area contributed by atoms with Crippen molar-refractivity contribution in [3.63, 3.8) is 0 Å². The van der Waals surface area contributed by atoms with Gasteiger partial charge in [-0.15, -0.1) is 0 Å². The fourth-order valence-electron chi connectivity index (χ4n) is 2.36. The molecule has 0 aliphatic carbocycles. The third kappa shape index (κ3) is 8.21. The topological polar surface area (TPSA) is 54.9 Å². The Morgan fingerprint density at radius 1 is 1.03 bits per heavy atom. The number of amides is 1.